The van der Waals surface area contributed by atoms with Gasteiger partial charge in [-0.15, -0.1) is 0 Å². The summed E-state index contributed by atoms with van der Waals surface area (Å²) < 4.78 is 1.08. The van der Waals surface area contributed by atoms with Crippen LogP contribution in [0.5, 0.6) is 0 Å². The summed E-state index contributed by atoms with van der Waals surface area (Å²) >= 11 is 3.54. The van der Waals surface area contributed by atoms with Gasteiger partial charge in [0.05, 0.1) is 6.10 Å². The van der Waals surface area contributed by atoms with Gasteiger partial charge < -0.3 is 10.4 Å². The second-order valence-corrected chi connectivity index (χ2v) is 5.32. The van der Waals surface area contributed by atoms with Gasteiger partial charge in [0.1, 0.15) is 5.82 Å². The minimum absolute atomic E-state index is 0.144. The maximum absolute atomic E-state index is 9.29. The van der Waals surface area contributed by atoms with E-state index in [1.165, 1.54) is 0 Å². The Morgan fingerprint density at radius 3 is 2.82 bits per heavy atom. The zero-order valence-electron chi connectivity index (χ0n) is 9.23. The van der Waals surface area contributed by atoms with Gasteiger partial charge in [0.25, 0.3) is 0 Å². The van der Waals surface area contributed by atoms with Crippen LogP contribution in [0.15, 0.2) is 34.9 Å². The molecule has 0 unspecified atom stereocenters. The van der Waals surface area contributed by atoms with E-state index in [0.717, 1.165) is 33.9 Å². The maximum Gasteiger partial charge on any atom is 0.134 e. The van der Waals surface area contributed by atoms with Gasteiger partial charge in [0.2, 0.25) is 0 Å². The number of nitrogens with one attached hydrogen (secondary N) is 1. The number of aliphatic hydroxyl groups is 1. The summed E-state index contributed by atoms with van der Waals surface area (Å²) in [6.07, 6.45) is 3.29. The second-order valence-electron chi connectivity index (χ2n) is 4.46. The first-order chi connectivity index (χ1) is 8.24. The minimum Gasteiger partial charge on any atom is -0.393 e. The Labute approximate surface area is 108 Å². The van der Waals surface area contributed by atoms with E-state index in [9.17, 15) is 5.11 Å². The predicted octanol–water partition coefficient (Wildman–Crippen LogP) is 2.93. The lowest BCUT2D eigenvalue weighted by atomic mass is 9.89. The Morgan fingerprint density at radius 2 is 2.06 bits per heavy atom. The molecule has 1 aromatic heterocycles. The van der Waals surface area contributed by atoms with Crippen molar-refractivity contribution in [1.29, 1.82) is 0 Å². The fraction of sp³-hybridized carbons (Fsp3) is 0.308. The number of hydrogen-bond donors (Lipinski definition) is 2. The highest BCUT2D eigenvalue weighted by atomic mass is 79.9. The Bertz CT molecular complexity index is 552. The number of aromatic nitrogens is 1. The van der Waals surface area contributed by atoms with Crippen LogP contribution in [0.1, 0.15) is 12.8 Å². The smallest absolute Gasteiger partial charge is 0.134 e. The monoisotopic (exact) mass is 292 g/mol. The molecule has 1 fully saturated rings. The average Bonchev–Trinajstić information content (AvgIpc) is 2.28. The minimum atomic E-state index is -0.144. The summed E-state index contributed by atoms with van der Waals surface area (Å²) in [4.78, 5) is 4.38. The molecule has 0 spiro atoms. The molecule has 0 amide bonds. The van der Waals surface area contributed by atoms with Gasteiger partial charge in [-0.2, -0.15) is 0 Å². The van der Waals surface area contributed by atoms with Gasteiger partial charge >= 0.3 is 0 Å². The van der Waals surface area contributed by atoms with E-state index < -0.39 is 0 Å². The van der Waals surface area contributed by atoms with Gasteiger partial charge in [-0.05, 0) is 25.0 Å². The van der Waals surface area contributed by atoms with Crippen molar-refractivity contribution in [3.8, 4) is 0 Å². The van der Waals surface area contributed by atoms with Crippen molar-refractivity contribution in [3.63, 3.8) is 0 Å². The molecule has 3 rings (SSSR count). The van der Waals surface area contributed by atoms with E-state index in [4.69, 9.17) is 0 Å². The average molecular weight is 293 g/mol. The summed E-state index contributed by atoms with van der Waals surface area (Å²) in [7, 11) is 0. The van der Waals surface area contributed by atoms with E-state index >= 15 is 0 Å². The maximum atomic E-state index is 9.29. The topological polar surface area (TPSA) is 45.1 Å². The molecule has 3 nitrogen and oxygen atoms in total. The van der Waals surface area contributed by atoms with Crippen molar-refractivity contribution < 1.29 is 5.11 Å². The van der Waals surface area contributed by atoms with Crippen molar-refractivity contribution in [2.24, 2.45) is 0 Å². The summed E-state index contributed by atoms with van der Waals surface area (Å²) in [5.41, 5.74) is 0. The molecule has 0 saturated heterocycles. The molecular formula is C13H13BrN2O. The van der Waals surface area contributed by atoms with Crippen molar-refractivity contribution in [3.05, 3.63) is 34.9 Å². The zero-order chi connectivity index (χ0) is 11.8. The molecule has 4 heteroatoms. The lowest BCUT2D eigenvalue weighted by Crippen LogP contribution is -2.39. The molecule has 1 saturated carbocycles. The molecule has 1 heterocycles. The van der Waals surface area contributed by atoms with Gasteiger partial charge in [-0.3, -0.25) is 0 Å². The molecule has 1 aliphatic carbocycles. The first kappa shape index (κ1) is 11.0. The quantitative estimate of drug-likeness (QED) is 0.895. The summed E-state index contributed by atoms with van der Waals surface area (Å²) in [5.74, 6) is 0.903. The highest BCUT2D eigenvalue weighted by molar-refractivity contribution is 9.10. The SMILES string of the molecule is OC1CC(Nc2nccc3c(Br)cccc23)C1. The Balaban J connectivity index is 1.96. The normalized spacial score (nSPS) is 23.4. The Kier molecular flexibility index (Phi) is 2.76. The zero-order valence-corrected chi connectivity index (χ0v) is 10.8. The van der Waals surface area contributed by atoms with Gasteiger partial charge in [0, 0.05) is 27.5 Å². The van der Waals surface area contributed by atoms with Crippen LogP contribution in [0.2, 0.25) is 0 Å². The van der Waals surface area contributed by atoms with Crippen LogP contribution in [0.25, 0.3) is 10.8 Å². The first-order valence-corrected chi connectivity index (χ1v) is 6.51. The van der Waals surface area contributed by atoms with Crippen LogP contribution in [0.3, 0.4) is 0 Å². The van der Waals surface area contributed by atoms with Gasteiger partial charge in [-0.25, -0.2) is 4.98 Å². The van der Waals surface area contributed by atoms with E-state index in [1.54, 1.807) is 0 Å². The molecule has 0 aliphatic heterocycles. The predicted molar refractivity (Wildman–Crippen MR) is 72.1 cm³/mol. The van der Waals surface area contributed by atoms with Crippen LogP contribution in [-0.2, 0) is 0 Å². The molecular weight excluding hydrogens is 280 g/mol. The molecule has 1 aliphatic rings. The van der Waals surface area contributed by atoms with Crippen molar-refractivity contribution >= 4 is 32.5 Å². The molecule has 0 bridgehead atoms. The molecule has 2 N–H and O–H groups in total. The molecule has 17 heavy (non-hydrogen) atoms. The molecule has 0 atom stereocenters. The van der Waals surface area contributed by atoms with E-state index in [-0.39, 0.29) is 6.10 Å². The number of nitrogens with zero attached hydrogens (tertiary/aromatic N) is 1. The van der Waals surface area contributed by atoms with Crippen LogP contribution in [0.4, 0.5) is 5.82 Å². The fourth-order valence-electron chi connectivity index (χ4n) is 2.18. The number of benzene rings is 1. The van der Waals surface area contributed by atoms with E-state index in [0.29, 0.717) is 6.04 Å². The van der Waals surface area contributed by atoms with Crippen LogP contribution in [-0.4, -0.2) is 22.2 Å². The van der Waals surface area contributed by atoms with E-state index in [1.807, 2.05) is 24.4 Å². The number of halogens is 1. The number of fused-ring (bicyclic) bond motifs is 1. The van der Waals surface area contributed by atoms with Crippen LogP contribution >= 0.6 is 15.9 Å². The Hall–Kier alpha value is -1.13. The third kappa shape index (κ3) is 2.03. The van der Waals surface area contributed by atoms with Crippen molar-refractivity contribution in [2.45, 2.75) is 25.0 Å². The number of aliphatic hydroxyl groups excluding tert-OH is 1. The standard InChI is InChI=1S/C13H13BrN2O/c14-12-3-1-2-11-10(12)4-5-15-13(11)16-8-6-9(17)7-8/h1-5,8-9,17H,6-7H2,(H,15,16). The van der Waals surface area contributed by atoms with Crippen LogP contribution < -0.4 is 5.32 Å². The molecule has 88 valence electrons. The highest BCUT2D eigenvalue weighted by Crippen LogP contribution is 2.30. The number of rotatable bonds is 2. The summed E-state index contributed by atoms with van der Waals surface area (Å²) in [6.45, 7) is 0. The third-order valence-corrected chi connectivity index (χ3v) is 3.90. The lowest BCUT2D eigenvalue weighted by Gasteiger charge is -2.32. The Morgan fingerprint density at radius 1 is 1.24 bits per heavy atom. The number of anilines is 1. The van der Waals surface area contributed by atoms with Gasteiger partial charge in [-0.1, -0.05) is 28.1 Å². The van der Waals surface area contributed by atoms with E-state index in [2.05, 4.69) is 32.3 Å². The molecule has 2 aromatic rings. The number of hydrogen-bond acceptors (Lipinski definition) is 3. The fourth-order valence-corrected chi connectivity index (χ4v) is 2.68. The van der Waals surface area contributed by atoms with Crippen molar-refractivity contribution in [1.82, 2.24) is 4.98 Å². The summed E-state index contributed by atoms with van der Waals surface area (Å²) in [5, 5.41) is 14.9. The van der Waals surface area contributed by atoms with Gasteiger partial charge in [0.15, 0.2) is 0 Å². The summed E-state index contributed by atoms with van der Waals surface area (Å²) in [6, 6.07) is 8.45. The highest BCUT2D eigenvalue weighted by Gasteiger charge is 2.27. The molecule has 0 radical (unpaired) electrons. The van der Waals surface area contributed by atoms with Crippen LogP contribution in [0, 0.1) is 0 Å². The third-order valence-electron chi connectivity index (χ3n) is 3.21. The lowest BCUT2D eigenvalue weighted by molar-refractivity contribution is 0.0836. The second kappa shape index (κ2) is 4.27. The number of pyridine rings is 1. The molecule has 1 aromatic carbocycles. The largest absolute Gasteiger partial charge is 0.393 e. The van der Waals surface area contributed by atoms with Crippen molar-refractivity contribution in [2.75, 3.05) is 5.32 Å². The first-order valence-electron chi connectivity index (χ1n) is 5.72.